The summed E-state index contributed by atoms with van der Waals surface area (Å²) in [5, 5.41) is 13.6. The minimum atomic E-state index is -0.796. The molecule has 0 fully saturated rings. The number of amides is 1. The Hall–Kier alpha value is -2.74. The standard InChI is InChI=1S/C20H21BrN2O5/c1-13(2)15-5-3-14(4-6-15)9-10-22-19(24)12-28-20(25)16-7-8-17(21)18(11-16)23(26)27/h3-8,11,13H,9-10,12H2,1-2H3,(H,22,24). The van der Waals surface area contributed by atoms with Crippen molar-refractivity contribution in [3.8, 4) is 0 Å². The fraction of sp³-hybridized carbons (Fsp3) is 0.300. The summed E-state index contributed by atoms with van der Waals surface area (Å²) in [5.74, 6) is -0.760. The lowest BCUT2D eigenvalue weighted by molar-refractivity contribution is -0.385. The van der Waals surface area contributed by atoms with Crippen molar-refractivity contribution in [2.24, 2.45) is 0 Å². The molecule has 2 aromatic carbocycles. The van der Waals surface area contributed by atoms with Gasteiger partial charge in [0.25, 0.3) is 11.6 Å². The maximum atomic E-state index is 12.0. The molecule has 1 amide bonds. The van der Waals surface area contributed by atoms with E-state index in [2.05, 4.69) is 47.2 Å². The van der Waals surface area contributed by atoms with Crippen molar-refractivity contribution in [3.63, 3.8) is 0 Å². The van der Waals surface area contributed by atoms with Crippen LogP contribution in [0.25, 0.3) is 0 Å². The molecule has 0 aliphatic heterocycles. The lowest BCUT2D eigenvalue weighted by atomic mass is 10.0. The highest BCUT2D eigenvalue weighted by Crippen LogP contribution is 2.25. The first-order valence-electron chi connectivity index (χ1n) is 8.74. The highest BCUT2D eigenvalue weighted by Gasteiger charge is 2.17. The van der Waals surface area contributed by atoms with Gasteiger partial charge < -0.3 is 10.1 Å². The van der Waals surface area contributed by atoms with E-state index in [1.165, 1.54) is 17.7 Å². The molecule has 8 heteroatoms. The van der Waals surface area contributed by atoms with E-state index in [0.717, 1.165) is 11.6 Å². The Balaban J connectivity index is 1.78. The molecule has 0 saturated heterocycles. The Kier molecular flexibility index (Phi) is 7.69. The molecule has 2 aromatic rings. The molecule has 0 atom stereocenters. The fourth-order valence-corrected chi connectivity index (χ4v) is 2.85. The third-order valence-electron chi connectivity index (χ3n) is 4.10. The van der Waals surface area contributed by atoms with E-state index in [-0.39, 0.29) is 15.7 Å². The zero-order valence-electron chi connectivity index (χ0n) is 15.6. The van der Waals surface area contributed by atoms with E-state index in [1.807, 2.05) is 12.1 Å². The summed E-state index contributed by atoms with van der Waals surface area (Å²) in [6.07, 6.45) is 0.664. The zero-order valence-corrected chi connectivity index (χ0v) is 17.2. The number of nitro benzene ring substituents is 1. The van der Waals surface area contributed by atoms with Crippen molar-refractivity contribution in [3.05, 3.63) is 73.7 Å². The van der Waals surface area contributed by atoms with Crippen LogP contribution in [-0.2, 0) is 16.0 Å². The summed E-state index contributed by atoms with van der Waals surface area (Å²) < 4.78 is 5.18. The molecule has 7 nitrogen and oxygen atoms in total. The number of ether oxygens (including phenoxy) is 1. The SMILES string of the molecule is CC(C)c1ccc(CCNC(=O)COC(=O)c2ccc(Br)c([N+](=O)[O-])c2)cc1. The topological polar surface area (TPSA) is 98.5 Å². The average Bonchev–Trinajstić information content (AvgIpc) is 2.66. The quantitative estimate of drug-likeness (QED) is 0.373. The number of carbonyl (C=O) groups excluding carboxylic acids is 2. The average molecular weight is 449 g/mol. The van der Waals surface area contributed by atoms with Crippen LogP contribution < -0.4 is 5.32 Å². The summed E-state index contributed by atoms with van der Waals surface area (Å²) in [4.78, 5) is 34.1. The van der Waals surface area contributed by atoms with Crippen LogP contribution in [0.15, 0.2) is 46.9 Å². The molecular weight excluding hydrogens is 428 g/mol. The molecule has 0 heterocycles. The third kappa shape index (κ3) is 6.16. The maximum absolute atomic E-state index is 12.0. The van der Waals surface area contributed by atoms with Crippen LogP contribution in [0.4, 0.5) is 5.69 Å². The number of esters is 1. The first-order chi connectivity index (χ1) is 13.3. The van der Waals surface area contributed by atoms with Crippen LogP contribution in [0.1, 0.15) is 41.3 Å². The van der Waals surface area contributed by atoms with Crippen molar-refractivity contribution in [2.45, 2.75) is 26.2 Å². The fourth-order valence-electron chi connectivity index (χ4n) is 2.46. The van der Waals surface area contributed by atoms with Crippen LogP contribution in [0.5, 0.6) is 0 Å². The summed E-state index contributed by atoms with van der Waals surface area (Å²) in [6, 6.07) is 12.1. The molecule has 0 aromatic heterocycles. The number of nitrogens with zero attached hydrogens (tertiary/aromatic N) is 1. The van der Waals surface area contributed by atoms with Crippen LogP contribution in [0.2, 0.25) is 0 Å². The second kappa shape index (κ2) is 9.98. The molecule has 0 saturated carbocycles. The van der Waals surface area contributed by atoms with E-state index < -0.39 is 23.4 Å². The molecular formula is C20H21BrN2O5. The highest BCUT2D eigenvalue weighted by atomic mass is 79.9. The van der Waals surface area contributed by atoms with E-state index in [0.29, 0.717) is 18.9 Å². The third-order valence-corrected chi connectivity index (χ3v) is 4.77. The van der Waals surface area contributed by atoms with E-state index in [9.17, 15) is 19.7 Å². The van der Waals surface area contributed by atoms with Gasteiger partial charge >= 0.3 is 5.97 Å². The summed E-state index contributed by atoms with van der Waals surface area (Å²) in [7, 11) is 0. The van der Waals surface area contributed by atoms with Crippen LogP contribution in [0, 0.1) is 10.1 Å². The predicted octanol–water partition coefficient (Wildman–Crippen LogP) is 4.00. The molecule has 2 rings (SSSR count). The zero-order chi connectivity index (χ0) is 20.7. The molecule has 0 spiro atoms. The summed E-state index contributed by atoms with van der Waals surface area (Å²) >= 11 is 3.04. The molecule has 148 valence electrons. The molecule has 0 bridgehead atoms. The molecule has 0 unspecified atom stereocenters. The Morgan fingerprint density at radius 1 is 1.18 bits per heavy atom. The number of halogens is 1. The van der Waals surface area contributed by atoms with E-state index in [4.69, 9.17) is 4.74 Å². The first-order valence-corrected chi connectivity index (χ1v) is 9.54. The van der Waals surface area contributed by atoms with Gasteiger partial charge in [0.1, 0.15) is 0 Å². The van der Waals surface area contributed by atoms with Gasteiger partial charge in [-0.15, -0.1) is 0 Å². The van der Waals surface area contributed by atoms with Crippen molar-refractivity contribution in [1.29, 1.82) is 0 Å². The summed E-state index contributed by atoms with van der Waals surface area (Å²) in [5.41, 5.74) is 2.12. The lowest BCUT2D eigenvalue weighted by Gasteiger charge is -2.08. The van der Waals surface area contributed by atoms with Crippen LogP contribution in [-0.4, -0.2) is 30.0 Å². The molecule has 28 heavy (non-hydrogen) atoms. The number of benzene rings is 2. The van der Waals surface area contributed by atoms with Gasteiger partial charge in [0.15, 0.2) is 6.61 Å². The minimum Gasteiger partial charge on any atom is -0.452 e. The largest absolute Gasteiger partial charge is 0.452 e. The lowest BCUT2D eigenvalue weighted by Crippen LogP contribution is -2.30. The van der Waals surface area contributed by atoms with Crippen molar-refractivity contribution in [2.75, 3.05) is 13.2 Å². The predicted molar refractivity (Wildman–Crippen MR) is 108 cm³/mol. The van der Waals surface area contributed by atoms with Gasteiger partial charge in [0.05, 0.1) is 15.0 Å². The molecule has 0 aliphatic rings. The maximum Gasteiger partial charge on any atom is 0.338 e. The number of hydrogen-bond acceptors (Lipinski definition) is 5. The Morgan fingerprint density at radius 2 is 1.86 bits per heavy atom. The number of nitro groups is 1. The van der Waals surface area contributed by atoms with Gasteiger partial charge in [0.2, 0.25) is 0 Å². The van der Waals surface area contributed by atoms with Gasteiger partial charge in [-0.25, -0.2) is 4.79 Å². The van der Waals surface area contributed by atoms with Crippen LogP contribution >= 0.6 is 15.9 Å². The van der Waals surface area contributed by atoms with Crippen molar-refractivity contribution >= 4 is 33.5 Å². The number of carbonyl (C=O) groups is 2. The second-order valence-electron chi connectivity index (χ2n) is 6.50. The van der Waals surface area contributed by atoms with Crippen molar-refractivity contribution < 1.29 is 19.2 Å². The Labute approximate surface area is 171 Å². The second-order valence-corrected chi connectivity index (χ2v) is 7.35. The normalized spacial score (nSPS) is 10.6. The molecule has 1 N–H and O–H groups in total. The van der Waals surface area contributed by atoms with Crippen molar-refractivity contribution in [1.82, 2.24) is 5.32 Å². The van der Waals surface area contributed by atoms with Gasteiger partial charge in [-0.05, 0) is 51.5 Å². The van der Waals surface area contributed by atoms with E-state index in [1.54, 1.807) is 0 Å². The van der Waals surface area contributed by atoms with Gasteiger partial charge in [-0.2, -0.15) is 0 Å². The van der Waals surface area contributed by atoms with Gasteiger partial charge in [-0.1, -0.05) is 38.1 Å². The highest BCUT2D eigenvalue weighted by molar-refractivity contribution is 9.10. The minimum absolute atomic E-state index is 0.00735. The Morgan fingerprint density at radius 3 is 2.46 bits per heavy atom. The monoisotopic (exact) mass is 448 g/mol. The van der Waals surface area contributed by atoms with Crippen LogP contribution in [0.3, 0.4) is 0 Å². The number of hydrogen-bond donors (Lipinski definition) is 1. The van der Waals surface area contributed by atoms with Gasteiger partial charge in [-0.3, -0.25) is 14.9 Å². The molecule has 0 radical (unpaired) electrons. The van der Waals surface area contributed by atoms with Gasteiger partial charge in [0, 0.05) is 12.6 Å². The number of rotatable bonds is 8. The smallest absolute Gasteiger partial charge is 0.338 e. The first kappa shape index (κ1) is 21.6. The summed E-state index contributed by atoms with van der Waals surface area (Å²) in [6.45, 7) is 4.22. The number of nitrogens with one attached hydrogen (secondary N) is 1. The molecule has 0 aliphatic carbocycles. The Bertz CT molecular complexity index is 865. The van der Waals surface area contributed by atoms with E-state index >= 15 is 0 Å².